The Bertz CT molecular complexity index is 470. The Morgan fingerprint density at radius 1 is 1.30 bits per heavy atom. The lowest BCUT2D eigenvalue weighted by Gasteiger charge is -2.32. The summed E-state index contributed by atoms with van der Waals surface area (Å²) in [4.78, 5) is 16.3. The summed E-state index contributed by atoms with van der Waals surface area (Å²) in [5, 5.41) is 4.04. The first-order chi connectivity index (χ1) is 9.58. The second-order valence-corrected chi connectivity index (χ2v) is 5.68. The van der Waals surface area contributed by atoms with E-state index in [0.29, 0.717) is 13.0 Å². The first kappa shape index (κ1) is 15.1. The van der Waals surface area contributed by atoms with Crippen LogP contribution in [-0.4, -0.2) is 55.5 Å². The maximum absolute atomic E-state index is 12.1. The van der Waals surface area contributed by atoms with E-state index in [-0.39, 0.29) is 5.91 Å². The van der Waals surface area contributed by atoms with Crippen LogP contribution in [-0.2, 0) is 4.79 Å². The van der Waals surface area contributed by atoms with Gasteiger partial charge < -0.3 is 15.1 Å². The van der Waals surface area contributed by atoms with Crippen LogP contribution in [0.15, 0.2) is 18.2 Å². The fourth-order valence-corrected chi connectivity index (χ4v) is 2.49. The van der Waals surface area contributed by atoms with E-state index >= 15 is 0 Å². The van der Waals surface area contributed by atoms with Crippen LogP contribution in [0, 0.1) is 6.92 Å². The Kier molecular flexibility index (Phi) is 5.26. The first-order valence-electron chi connectivity index (χ1n) is 7.03. The number of carbonyl (C=O) groups excluding carboxylic acids is 1. The molecule has 1 N–H and O–H groups in total. The summed E-state index contributed by atoms with van der Waals surface area (Å²) in [5.74, 6) is 0.227. The largest absolute Gasteiger partial charge is 0.384 e. The molecule has 0 spiro atoms. The molecular weight excluding hydrogens is 274 g/mol. The molecule has 0 aromatic heterocycles. The van der Waals surface area contributed by atoms with Crippen LogP contribution in [0.5, 0.6) is 0 Å². The number of hydrogen-bond acceptors (Lipinski definition) is 3. The molecule has 1 heterocycles. The van der Waals surface area contributed by atoms with Gasteiger partial charge in [0, 0.05) is 49.9 Å². The molecular formula is C15H22ClN3O. The fraction of sp³-hybridized carbons (Fsp3) is 0.533. The molecule has 0 saturated carbocycles. The van der Waals surface area contributed by atoms with Gasteiger partial charge in [-0.2, -0.15) is 0 Å². The van der Waals surface area contributed by atoms with Crippen LogP contribution in [0.4, 0.5) is 5.69 Å². The van der Waals surface area contributed by atoms with Gasteiger partial charge >= 0.3 is 0 Å². The monoisotopic (exact) mass is 295 g/mol. The Hall–Kier alpha value is -1.26. The van der Waals surface area contributed by atoms with Gasteiger partial charge in [-0.3, -0.25) is 4.79 Å². The highest BCUT2D eigenvalue weighted by molar-refractivity contribution is 6.31. The van der Waals surface area contributed by atoms with Crippen molar-refractivity contribution < 1.29 is 4.79 Å². The molecule has 1 aliphatic rings. The van der Waals surface area contributed by atoms with Gasteiger partial charge in [0.1, 0.15) is 0 Å². The second-order valence-electron chi connectivity index (χ2n) is 5.27. The van der Waals surface area contributed by atoms with Gasteiger partial charge in [-0.25, -0.2) is 0 Å². The summed E-state index contributed by atoms with van der Waals surface area (Å²) in [6.45, 7) is 6.23. The standard InChI is InChI=1S/C15H22ClN3O/c1-12-13(16)4-3-5-14(12)17-7-6-15(20)19-10-8-18(2)9-11-19/h3-5,17H,6-11H2,1-2H3. The van der Waals surface area contributed by atoms with Gasteiger partial charge in [-0.15, -0.1) is 0 Å². The highest BCUT2D eigenvalue weighted by atomic mass is 35.5. The Labute approximate surface area is 125 Å². The maximum Gasteiger partial charge on any atom is 0.224 e. The molecule has 5 heteroatoms. The first-order valence-corrected chi connectivity index (χ1v) is 7.41. The summed E-state index contributed by atoms with van der Waals surface area (Å²) in [7, 11) is 2.09. The van der Waals surface area contributed by atoms with Crippen molar-refractivity contribution in [3.05, 3.63) is 28.8 Å². The van der Waals surface area contributed by atoms with Crippen LogP contribution in [0.1, 0.15) is 12.0 Å². The normalized spacial score (nSPS) is 16.2. The molecule has 0 unspecified atom stereocenters. The lowest BCUT2D eigenvalue weighted by Crippen LogP contribution is -2.47. The fourth-order valence-electron chi connectivity index (χ4n) is 2.32. The molecule has 0 bridgehead atoms. The average molecular weight is 296 g/mol. The molecule has 4 nitrogen and oxygen atoms in total. The number of amides is 1. The van der Waals surface area contributed by atoms with Crippen LogP contribution in [0.3, 0.4) is 0 Å². The number of likely N-dealkylation sites (N-methyl/N-ethyl adjacent to an activating group) is 1. The zero-order valence-electron chi connectivity index (χ0n) is 12.2. The van der Waals surface area contributed by atoms with Crippen molar-refractivity contribution in [1.82, 2.24) is 9.80 Å². The summed E-state index contributed by atoms with van der Waals surface area (Å²) < 4.78 is 0. The number of piperazine rings is 1. The SMILES string of the molecule is Cc1c(Cl)cccc1NCCC(=O)N1CCN(C)CC1. The van der Waals surface area contributed by atoms with E-state index in [2.05, 4.69) is 17.3 Å². The van der Waals surface area contributed by atoms with Gasteiger partial charge in [0.05, 0.1) is 0 Å². The Morgan fingerprint density at radius 2 is 2.00 bits per heavy atom. The van der Waals surface area contributed by atoms with Crippen LogP contribution in [0.2, 0.25) is 5.02 Å². The van der Waals surface area contributed by atoms with Gasteiger partial charge in [0.2, 0.25) is 5.91 Å². The van der Waals surface area contributed by atoms with Crippen LogP contribution >= 0.6 is 11.6 Å². The highest BCUT2D eigenvalue weighted by Crippen LogP contribution is 2.22. The van der Waals surface area contributed by atoms with Crippen molar-refractivity contribution in [1.29, 1.82) is 0 Å². The third-order valence-electron chi connectivity index (χ3n) is 3.78. The second kappa shape index (κ2) is 6.95. The number of hydrogen-bond donors (Lipinski definition) is 1. The number of nitrogens with zero attached hydrogens (tertiary/aromatic N) is 2. The lowest BCUT2D eigenvalue weighted by atomic mass is 10.2. The van der Waals surface area contributed by atoms with E-state index in [1.165, 1.54) is 0 Å². The van der Waals surface area contributed by atoms with Crippen LogP contribution < -0.4 is 5.32 Å². The summed E-state index contributed by atoms with van der Waals surface area (Å²) in [5.41, 5.74) is 2.03. The predicted octanol–water partition coefficient (Wildman–Crippen LogP) is 2.22. The van der Waals surface area contributed by atoms with E-state index in [1.54, 1.807) is 0 Å². The van der Waals surface area contributed by atoms with Crippen molar-refractivity contribution >= 4 is 23.2 Å². The molecule has 1 fully saturated rings. The number of carbonyl (C=O) groups is 1. The van der Waals surface area contributed by atoms with E-state index in [4.69, 9.17) is 11.6 Å². The Balaban J connectivity index is 1.78. The van der Waals surface area contributed by atoms with Crippen molar-refractivity contribution in [2.45, 2.75) is 13.3 Å². The third-order valence-corrected chi connectivity index (χ3v) is 4.19. The molecule has 1 aromatic carbocycles. The van der Waals surface area contributed by atoms with Gasteiger partial charge in [0.25, 0.3) is 0 Å². The number of rotatable bonds is 4. The molecule has 0 atom stereocenters. The topological polar surface area (TPSA) is 35.6 Å². The van der Waals surface area contributed by atoms with Gasteiger partial charge in [-0.1, -0.05) is 17.7 Å². The quantitative estimate of drug-likeness (QED) is 0.925. The number of anilines is 1. The highest BCUT2D eigenvalue weighted by Gasteiger charge is 2.18. The number of nitrogens with one attached hydrogen (secondary N) is 1. The molecule has 110 valence electrons. The minimum atomic E-state index is 0.227. The third kappa shape index (κ3) is 3.87. The van der Waals surface area contributed by atoms with E-state index in [0.717, 1.165) is 42.5 Å². The van der Waals surface area contributed by atoms with Gasteiger partial charge in [-0.05, 0) is 31.7 Å². The minimum Gasteiger partial charge on any atom is -0.384 e. The zero-order valence-corrected chi connectivity index (χ0v) is 12.9. The predicted molar refractivity (Wildman–Crippen MR) is 83.4 cm³/mol. The molecule has 2 rings (SSSR count). The molecule has 0 aliphatic carbocycles. The number of halogens is 1. The molecule has 1 aliphatic heterocycles. The van der Waals surface area contributed by atoms with E-state index in [9.17, 15) is 4.79 Å². The minimum absolute atomic E-state index is 0.227. The van der Waals surface area contributed by atoms with E-state index < -0.39 is 0 Å². The summed E-state index contributed by atoms with van der Waals surface area (Å²) in [6.07, 6.45) is 0.523. The maximum atomic E-state index is 12.1. The average Bonchev–Trinajstić information content (AvgIpc) is 2.44. The molecule has 0 radical (unpaired) electrons. The van der Waals surface area contributed by atoms with Crippen LogP contribution in [0.25, 0.3) is 0 Å². The van der Waals surface area contributed by atoms with Crippen molar-refractivity contribution in [2.75, 3.05) is 45.1 Å². The van der Waals surface area contributed by atoms with Crippen molar-refractivity contribution in [2.24, 2.45) is 0 Å². The van der Waals surface area contributed by atoms with Crippen molar-refractivity contribution in [3.8, 4) is 0 Å². The number of benzene rings is 1. The summed E-state index contributed by atoms with van der Waals surface area (Å²) >= 11 is 6.07. The molecule has 1 aromatic rings. The zero-order chi connectivity index (χ0) is 14.5. The molecule has 1 amide bonds. The Morgan fingerprint density at radius 3 is 2.70 bits per heavy atom. The lowest BCUT2D eigenvalue weighted by molar-refractivity contribution is -0.132. The molecule has 20 heavy (non-hydrogen) atoms. The van der Waals surface area contributed by atoms with E-state index in [1.807, 2.05) is 30.0 Å². The van der Waals surface area contributed by atoms with Crippen molar-refractivity contribution in [3.63, 3.8) is 0 Å². The van der Waals surface area contributed by atoms with Gasteiger partial charge in [0.15, 0.2) is 0 Å². The smallest absolute Gasteiger partial charge is 0.224 e. The summed E-state index contributed by atoms with van der Waals surface area (Å²) in [6, 6.07) is 5.78. The molecule has 1 saturated heterocycles.